The van der Waals surface area contributed by atoms with Gasteiger partial charge in [-0.1, -0.05) is 497 Å². The molecule has 0 saturated heterocycles. The fourth-order valence-corrected chi connectivity index (χ4v) is 33.5. The van der Waals surface area contributed by atoms with Gasteiger partial charge in [0.15, 0.2) is 0 Å². The van der Waals surface area contributed by atoms with Gasteiger partial charge in [0.1, 0.15) is 23.0 Å². The van der Waals surface area contributed by atoms with Gasteiger partial charge < -0.3 is 19.3 Å². The van der Waals surface area contributed by atoms with Crippen molar-refractivity contribution in [3.63, 3.8) is 0 Å². The Labute approximate surface area is 899 Å². The van der Waals surface area contributed by atoms with Gasteiger partial charge in [0.05, 0.1) is 22.7 Å². The Morgan fingerprint density at radius 1 is 0.167 bits per heavy atom. The zero-order valence-electron chi connectivity index (χ0n) is 95.8. The molecule has 14 aromatic rings. The quantitative estimate of drug-likeness (QED) is 0.164. The highest BCUT2D eigenvalue weighted by Gasteiger charge is 2.71. The van der Waals surface area contributed by atoms with Crippen LogP contribution in [0.5, 0.6) is 23.0 Å². The summed E-state index contributed by atoms with van der Waals surface area (Å²) in [6.07, 6.45) is 2.23. The van der Waals surface area contributed by atoms with Gasteiger partial charge in [-0.2, -0.15) is 0 Å². The number of hydrogen-bond donors (Lipinski definition) is 0. The Hall–Kier alpha value is -13.3. The number of anilines is 6. The SMILES string of the molecule is CC1=C(C)C(C)(C)C(c2ccccc2)(c2ccccc2)C1(C)C.CC1=C(C)C(C)(C)C2(c3ccccc3-c3ccccc32)C1(C)C.CC1=C(C)C(C)(C)C2(c3ccccc3N(c3ccccc3)c3ccccc32)C1(C)C.CC1=C(C)C(C)(C)C2(c3ccccc3Oc3ccccc32)C1(C)C.CC1=C(C)C2(CC1(C)C)c1ccccc1N(c1ccccc1)c1ccccc12.CC1=C(C)C2(CC1(C)C)c1ccccc1Oc1ccccc12. The monoisotopic (exact) mass is 1970 g/mol. The van der Waals surface area contributed by atoms with Crippen LogP contribution in [0.2, 0.25) is 0 Å². The van der Waals surface area contributed by atoms with Gasteiger partial charge in [-0.15, -0.1) is 0 Å². The summed E-state index contributed by atoms with van der Waals surface area (Å²) in [6, 6.07) is 132. The average Bonchev–Trinajstić information content (AvgIpc) is 1.48. The normalized spacial score (nSPS) is 20.9. The Morgan fingerprint density at radius 2 is 0.360 bits per heavy atom. The first-order chi connectivity index (χ1) is 71.0. The summed E-state index contributed by atoms with van der Waals surface area (Å²) in [5.74, 6) is 4.01. The molecule has 0 fully saturated rings. The van der Waals surface area contributed by atoms with Crippen molar-refractivity contribution < 1.29 is 9.47 Å². The zero-order valence-corrected chi connectivity index (χ0v) is 95.8. The fourth-order valence-electron chi connectivity index (χ4n) is 33.5. The molecule has 7 aliphatic carbocycles. The minimum atomic E-state index is -0.132. The molecule has 0 radical (unpaired) electrons. The van der Waals surface area contributed by atoms with Crippen LogP contribution < -0.4 is 19.3 Å². The summed E-state index contributed by atoms with van der Waals surface area (Å²) < 4.78 is 12.5. The van der Waals surface area contributed by atoms with Crippen molar-refractivity contribution >= 4 is 34.1 Å². The molecular formula is C146H160N2O2. The summed E-state index contributed by atoms with van der Waals surface area (Å²) in [4.78, 5) is 4.88. The molecule has 0 atom stereocenters. The Kier molecular flexibility index (Phi) is 25.1. The van der Waals surface area contributed by atoms with Gasteiger partial charge in [-0.3, -0.25) is 0 Å². The summed E-state index contributed by atoms with van der Waals surface area (Å²) in [7, 11) is 0. The molecule has 766 valence electrons. The molecule has 4 nitrogen and oxygen atoms in total. The molecule has 0 aromatic heterocycles. The van der Waals surface area contributed by atoms with Crippen LogP contribution in [0.1, 0.15) is 301 Å². The van der Waals surface area contributed by atoms with E-state index in [-0.39, 0.29) is 86.6 Å². The number of fused-ring (bicyclic) bond motifs is 21. The van der Waals surface area contributed by atoms with Gasteiger partial charge in [-0.05, 0) is 235 Å². The summed E-state index contributed by atoms with van der Waals surface area (Å²) >= 11 is 0. The van der Waals surface area contributed by atoms with E-state index in [1.54, 1.807) is 11.1 Å². The van der Waals surface area contributed by atoms with Crippen LogP contribution in [0, 0.1) is 54.1 Å². The van der Waals surface area contributed by atoms with Crippen LogP contribution in [0.15, 0.2) is 431 Å². The number of para-hydroxylation sites is 10. The van der Waals surface area contributed by atoms with Gasteiger partial charge in [-0.25, -0.2) is 0 Å². The molecule has 4 aliphatic heterocycles. The van der Waals surface area contributed by atoms with Crippen molar-refractivity contribution in [3.8, 4) is 34.1 Å². The first-order valence-electron chi connectivity index (χ1n) is 55.2. The van der Waals surface area contributed by atoms with E-state index in [1.165, 1.54) is 168 Å². The lowest BCUT2D eigenvalue weighted by Crippen LogP contribution is -2.52. The van der Waals surface area contributed by atoms with Crippen LogP contribution in [-0.2, 0) is 32.5 Å². The van der Waals surface area contributed by atoms with Gasteiger partial charge in [0, 0.05) is 109 Å². The zero-order chi connectivity index (χ0) is 107. The predicted octanol–water partition coefficient (Wildman–Crippen LogP) is 40.7. The number of nitrogens with zero attached hydrogens (tertiary/aromatic N) is 2. The van der Waals surface area contributed by atoms with E-state index in [4.69, 9.17) is 9.47 Å². The fraction of sp³-hybridized carbons (Fsp3) is 0.342. The molecule has 14 aromatic carbocycles. The molecule has 4 heteroatoms. The number of ether oxygens (including phenoxy) is 2. The largest absolute Gasteiger partial charge is 0.457 e. The number of benzene rings is 14. The second-order valence-corrected chi connectivity index (χ2v) is 50.9. The van der Waals surface area contributed by atoms with E-state index in [2.05, 4.69) is 595 Å². The first kappa shape index (κ1) is 104. The second-order valence-electron chi connectivity index (χ2n) is 50.9. The average molecular weight is 1970 g/mol. The van der Waals surface area contributed by atoms with Crippen molar-refractivity contribution in [2.45, 2.75) is 267 Å². The molecule has 4 heterocycles. The molecule has 0 saturated carbocycles. The molecule has 0 N–H and O–H groups in total. The minimum Gasteiger partial charge on any atom is -0.457 e. The summed E-state index contributed by atoms with van der Waals surface area (Å²) in [5.41, 5.74) is 45.9. The van der Waals surface area contributed by atoms with Gasteiger partial charge >= 0.3 is 0 Å². The number of rotatable bonds is 4. The Balaban J connectivity index is 0.000000109. The lowest BCUT2D eigenvalue weighted by Gasteiger charge is -2.57. The lowest BCUT2D eigenvalue weighted by molar-refractivity contribution is 0.140. The predicted molar refractivity (Wildman–Crippen MR) is 635 cm³/mol. The van der Waals surface area contributed by atoms with Crippen molar-refractivity contribution in [3.05, 3.63) is 498 Å². The van der Waals surface area contributed by atoms with E-state index >= 15 is 0 Å². The molecular weight excluding hydrogens is 1810 g/mol. The summed E-state index contributed by atoms with van der Waals surface area (Å²) in [6.45, 7) is 76.3. The maximum Gasteiger partial charge on any atom is 0.131 e. The maximum absolute atomic E-state index is 6.30. The number of allylic oxidation sites excluding steroid dienone is 12. The molecule has 25 rings (SSSR count). The van der Waals surface area contributed by atoms with Crippen molar-refractivity contribution in [1.29, 1.82) is 0 Å². The number of hydrogen-bond acceptors (Lipinski definition) is 4. The van der Waals surface area contributed by atoms with Crippen molar-refractivity contribution in [2.75, 3.05) is 9.80 Å². The van der Waals surface area contributed by atoms with Gasteiger partial charge in [0.2, 0.25) is 0 Å². The van der Waals surface area contributed by atoms with Crippen molar-refractivity contribution in [1.82, 2.24) is 0 Å². The maximum atomic E-state index is 6.30. The molecule has 150 heavy (non-hydrogen) atoms. The van der Waals surface area contributed by atoms with Gasteiger partial charge in [0.25, 0.3) is 0 Å². The third kappa shape index (κ3) is 13.9. The standard InChI is InChI=1S/C29H31N.C27H27N.C23H26O.C23H26.C23H28.C21H22O/c1-20-21(2)28(5,6)29(27(20,3)4)23-16-10-12-18-25(23)30(22-14-8-7-9-15-22)26-19-13-11-17-24(26)29;1-19-20(2)27(18-26(19,3)4)22-14-8-10-16-24(22)28(21-12-6-5-7-13-21)25-17-11-9-15-23(25)27;1-15-16(2)22(5,6)23(21(15,3)4)17-11-7-9-13-19(17)24-20-14-10-8-12-18(20)23;1-15-16(2)22(5,6)23(21(15,3)4)19-13-9-7-11-17(19)18-12-8-10-14-20(18)23;1-17-18(2)22(5,6)23(21(17,3)4,19-13-9-7-10-14-19)20-15-11-8-12-16-20;1-14-15(2)21(13-20(14,3)4)16-9-5-7-11-18(16)22-19-12-8-6-10-17(19)21/h7-19H,1-6H3;5-17H,18H2,1-4H3;7-14H,1-6H3;7-14H,1-6H3;7-16H,1-6H3;5-12H,13H2,1-4H3. The third-order valence-corrected chi connectivity index (χ3v) is 42.5. The molecule has 5 spiro atoms. The molecule has 0 unspecified atom stereocenters. The lowest BCUT2D eigenvalue weighted by atomic mass is 9.48. The minimum absolute atomic E-state index is 0.00440. The van der Waals surface area contributed by atoms with E-state index in [0.29, 0.717) is 0 Å². The Bertz CT molecular complexity index is 7460. The highest BCUT2D eigenvalue weighted by molar-refractivity contribution is 5.91. The second kappa shape index (κ2) is 36.2. The molecule has 11 aliphatic rings. The van der Waals surface area contributed by atoms with Crippen molar-refractivity contribution in [2.24, 2.45) is 54.1 Å². The highest BCUT2D eigenvalue weighted by Crippen LogP contribution is 2.78. The third-order valence-electron chi connectivity index (χ3n) is 42.5. The van der Waals surface area contributed by atoms with Crippen LogP contribution in [0.25, 0.3) is 11.1 Å². The highest BCUT2D eigenvalue weighted by atomic mass is 16.5. The van der Waals surface area contributed by atoms with Crippen LogP contribution in [0.4, 0.5) is 34.1 Å². The van der Waals surface area contributed by atoms with E-state index < -0.39 is 0 Å². The topological polar surface area (TPSA) is 24.9 Å². The Morgan fingerprint density at radius 3 is 0.640 bits per heavy atom. The molecule has 0 amide bonds. The van der Waals surface area contributed by atoms with E-state index in [0.717, 1.165) is 35.8 Å². The van der Waals surface area contributed by atoms with Crippen LogP contribution in [0.3, 0.4) is 0 Å². The van der Waals surface area contributed by atoms with E-state index in [9.17, 15) is 0 Å². The smallest absolute Gasteiger partial charge is 0.131 e. The van der Waals surface area contributed by atoms with E-state index in [1.807, 2.05) is 0 Å². The first-order valence-corrected chi connectivity index (χ1v) is 55.2. The molecule has 0 bridgehead atoms. The van der Waals surface area contributed by atoms with Crippen LogP contribution >= 0.6 is 0 Å². The van der Waals surface area contributed by atoms with Crippen LogP contribution in [-0.4, -0.2) is 0 Å². The summed E-state index contributed by atoms with van der Waals surface area (Å²) in [5, 5.41) is 0.